The number of aromatic amines is 1. The zero-order valence-electron chi connectivity index (χ0n) is 14.1. The predicted molar refractivity (Wildman–Crippen MR) is 87.4 cm³/mol. The van der Waals surface area contributed by atoms with Gasteiger partial charge in [0.1, 0.15) is 11.4 Å². The highest BCUT2D eigenvalue weighted by molar-refractivity contribution is 5.80. The lowest BCUT2D eigenvalue weighted by molar-refractivity contribution is 0.214. The molecule has 27 heavy (non-hydrogen) atoms. The van der Waals surface area contributed by atoms with E-state index in [2.05, 4.69) is 21.0 Å². The summed E-state index contributed by atoms with van der Waals surface area (Å²) >= 11 is 0. The number of rotatable bonds is 4. The third kappa shape index (κ3) is 3.23. The number of hydrogen-bond donors (Lipinski definition) is 1. The maximum absolute atomic E-state index is 14.7. The van der Waals surface area contributed by atoms with E-state index in [1.807, 2.05) is 0 Å². The Bertz CT molecular complexity index is 1120. The van der Waals surface area contributed by atoms with E-state index in [9.17, 15) is 22.4 Å². The Morgan fingerprint density at radius 2 is 1.93 bits per heavy atom. The van der Waals surface area contributed by atoms with E-state index >= 15 is 0 Å². The molecule has 0 saturated heterocycles. The fraction of sp³-hybridized carbons (Fsp3) is 0.235. The average Bonchev–Trinajstić information content (AvgIpc) is 2.97. The molecule has 1 aromatic carbocycles. The molecule has 0 aliphatic carbocycles. The van der Waals surface area contributed by atoms with Crippen LogP contribution in [0, 0.1) is 29.8 Å². The van der Waals surface area contributed by atoms with Gasteiger partial charge in [-0.1, -0.05) is 5.92 Å². The quantitative estimate of drug-likeness (QED) is 0.429. The molecular formula is C17H12F4N4O2. The Kier molecular flexibility index (Phi) is 4.39. The Hall–Kier alpha value is -3.35. The molecule has 0 amide bonds. The number of aromatic nitrogens is 4. The molecule has 3 aromatic rings. The highest BCUT2D eigenvalue weighted by Crippen LogP contribution is 2.36. The van der Waals surface area contributed by atoms with Crippen molar-refractivity contribution in [3.63, 3.8) is 0 Å². The summed E-state index contributed by atoms with van der Waals surface area (Å²) in [5.41, 5.74) is -3.94. The first kappa shape index (κ1) is 18.4. The van der Waals surface area contributed by atoms with E-state index in [-0.39, 0.29) is 35.1 Å². The molecule has 2 aromatic heterocycles. The van der Waals surface area contributed by atoms with Crippen LogP contribution >= 0.6 is 0 Å². The van der Waals surface area contributed by atoms with Crippen molar-refractivity contribution >= 4 is 5.65 Å². The summed E-state index contributed by atoms with van der Waals surface area (Å²) in [5.74, 6) is -2.48. The van der Waals surface area contributed by atoms with Crippen molar-refractivity contribution in [3.8, 4) is 29.5 Å². The minimum Gasteiger partial charge on any atom is -0.451 e. The van der Waals surface area contributed by atoms with E-state index < -0.39 is 28.8 Å². The van der Waals surface area contributed by atoms with Gasteiger partial charge >= 0.3 is 11.7 Å². The molecule has 0 saturated carbocycles. The van der Waals surface area contributed by atoms with Crippen molar-refractivity contribution in [2.45, 2.75) is 19.5 Å². The number of ether oxygens (including phenoxy) is 1. The Balaban J connectivity index is 2.39. The van der Waals surface area contributed by atoms with Gasteiger partial charge in [-0.05, 0) is 31.5 Å². The van der Waals surface area contributed by atoms with Crippen LogP contribution in [0.25, 0.3) is 16.8 Å². The molecule has 0 aliphatic rings. The highest BCUT2D eigenvalue weighted by atomic mass is 19.2. The summed E-state index contributed by atoms with van der Waals surface area (Å²) in [6.45, 7) is 2.06. The lowest BCUT2D eigenvalue weighted by Crippen LogP contribution is -2.20. The molecule has 0 aliphatic heterocycles. The van der Waals surface area contributed by atoms with Gasteiger partial charge in [0.05, 0.1) is 5.56 Å². The van der Waals surface area contributed by atoms with Crippen LogP contribution in [-0.4, -0.2) is 26.2 Å². The summed E-state index contributed by atoms with van der Waals surface area (Å²) in [4.78, 5) is 18.5. The van der Waals surface area contributed by atoms with Crippen molar-refractivity contribution in [1.29, 1.82) is 0 Å². The molecule has 6 nitrogen and oxygen atoms in total. The number of fused-ring (bicyclic) bond motifs is 1. The SMILES string of the molecule is C#CCOc1nc2c(-c3cc(F)c(F)c(F)c3)c(C(C)(C)F)nn2c(=O)[nH]1. The number of benzene rings is 1. The maximum Gasteiger partial charge on any atom is 0.352 e. The van der Waals surface area contributed by atoms with E-state index in [1.165, 1.54) is 0 Å². The van der Waals surface area contributed by atoms with Crippen LogP contribution in [0.2, 0.25) is 0 Å². The van der Waals surface area contributed by atoms with E-state index in [4.69, 9.17) is 11.2 Å². The third-order valence-corrected chi connectivity index (χ3v) is 3.60. The number of nitrogens with zero attached hydrogens (tertiary/aromatic N) is 3. The number of terminal acetylenes is 1. The first-order valence-corrected chi connectivity index (χ1v) is 7.57. The van der Waals surface area contributed by atoms with Crippen LogP contribution in [0.5, 0.6) is 6.01 Å². The van der Waals surface area contributed by atoms with E-state index in [0.29, 0.717) is 16.6 Å². The first-order chi connectivity index (χ1) is 12.6. The Morgan fingerprint density at radius 3 is 2.48 bits per heavy atom. The molecule has 0 bridgehead atoms. The van der Waals surface area contributed by atoms with Crippen molar-refractivity contribution in [2.75, 3.05) is 6.61 Å². The van der Waals surface area contributed by atoms with Gasteiger partial charge in [0, 0.05) is 0 Å². The van der Waals surface area contributed by atoms with Gasteiger partial charge in [-0.25, -0.2) is 22.4 Å². The molecule has 10 heteroatoms. The summed E-state index contributed by atoms with van der Waals surface area (Å²) in [7, 11) is 0. The molecular weight excluding hydrogens is 368 g/mol. The Labute approximate surface area is 149 Å². The molecule has 2 heterocycles. The molecule has 3 rings (SSSR count). The van der Waals surface area contributed by atoms with Crippen LogP contribution in [0.1, 0.15) is 19.5 Å². The van der Waals surface area contributed by atoms with Crippen molar-refractivity contribution in [3.05, 3.63) is 45.8 Å². The van der Waals surface area contributed by atoms with Crippen LogP contribution < -0.4 is 10.4 Å². The van der Waals surface area contributed by atoms with Gasteiger partial charge in [0.15, 0.2) is 29.7 Å². The van der Waals surface area contributed by atoms with Gasteiger partial charge < -0.3 is 4.74 Å². The minimum absolute atomic E-state index is 0.183. The monoisotopic (exact) mass is 380 g/mol. The summed E-state index contributed by atoms with van der Waals surface area (Å²) in [6.07, 6.45) is 5.08. The molecule has 0 radical (unpaired) electrons. The molecule has 0 atom stereocenters. The summed E-state index contributed by atoms with van der Waals surface area (Å²) in [5, 5.41) is 3.86. The summed E-state index contributed by atoms with van der Waals surface area (Å²) in [6, 6.07) is 1.03. The largest absolute Gasteiger partial charge is 0.451 e. The van der Waals surface area contributed by atoms with Crippen LogP contribution in [0.3, 0.4) is 0 Å². The van der Waals surface area contributed by atoms with Crippen molar-refractivity contribution < 1.29 is 22.3 Å². The fourth-order valence-electron chi connectivity index (χ4n) is 2.48. The number of alkyl halides is 1. The zero-order chi connectivity index (χ0) is 19.9. The minimum atomic E-state index is -2.11. The second-order valence-corrected chi connectivity index (χ2v) is 6.03. The highest BCUT2D eigenvalue weighted by Gasteiger charge is 2.31. The van der Waals surface area contributed by atoms with Crippen LogP contribution in [0.4, 0.5) is 17.6 Å². The average molecular weight is 380 g/mol. The lowest BCUT2D eigenvalue weighted by atomic mass is 9.97. The van der Waals surface area contributed by atoms with Gasteiger partial charge in [-0.15, -0.1) is 6.42 Å². The molecule has 0 spiro atoms. The van der Waals surface area contributed by atoms with Crippen LogP contribution in [-0.2, 0) is 5.67 Å². The zero-order valence-corrected chi connectivity index (χ0v) is 14.1. The van der Waals surface area contributed by atoms with Crippen molar-refractivity contribution in [2.24, 2.45) is 0 Å². The molecule has 0 fully saturated rings. The maximum atomic E-state index is 14.7. The lowest BCUT2D eigenvalue weighted by Gasteiger charge is -2.13. The molecule has 1 N–H and O–H groups in total. The normalized spacial score (nSPS) is 11.6. The number of hydrogen-bond acceptors (Lipinski definition) is 4. The second kappa shape index (κ2) is 6.42. The topological polar surface area (TPSA) is 72.3 Å². The standard InChI is InChI=1S/C17H12F4N4O2/c1-4-5-27-15-22-14-11(8-6-9(18)12(20)10(19)7-8)13(17(2,3)21)24-25(14)16(26)23-15/h1,6-7H,5H2,2-3H3,(H,22,23,26). The Morgan fingerprint density at radius 1 is 1.30 bits per heavy atom. The smallest absolute Gasteiger partial charge is 0.352 e. The van der Waals surface area contributed by atoms with Gasteiger partial charge in [0.25, 0.3) is 0 Å². The van der Waals surface area contributed by atoms with Crippen molar-refractivity contribution in [1.82, 2.24) is 19.6 Å². The number of halogens is 4. The number of H-pyrrole nitrogens is 1. The van der Waals surface area contributed by atoms with Gasteiger partial charge in [-0.3, -0.25) is 4.98 Å². The molecule has 0 unspecified atom stereocenters. The first-order valence-electron chi connectivity index (χ1n) is 7.57. The van der Waals surface area contributed by atoms with Crippen LogP contribution in [0.15, 0.2) is 16.9 Å². The fourth-order valence-corrected chi connectivity index (χ4v) is 2.48. The number of nitrogens with one attached hydrogen (secondary N) is 1. The van der Waals surface area contributed by atoms with Gasteiger partial charge in [0.2, 0.25) is 0 Å². The van der Waals surface area contributed by atoms with E-state index in [1.54, 1.807) is 0 Å². The molecule has 140 valence electrons. The van der Waals surface area contributed by atoms with E-state index in [0.717, 1.165) is 13.8 Å². The second-order valence-electron chi connectivity index (χ2n) is 6.03. The third-order valence-electron chi connectivity index (χ3n) is 3.60. The predicted octanol–water partition coefficient (Wildman–Crippen LogP) is 2.72. The summed E-state index contributed by atoms with van der Waals surface area (Å²) < 4.78 is 61.2. The van der Waals surface area contributed by atoms with Gasteiger partial charge in [-0.2, -0.15) is 14.6 Å².